The molecule has 0 atom stereocenters. The van der Waals surface area contributed by atoms with Crippen LogP contribution in [0.1, 0.15) is 42.9 Å². The molecule has 2 aromatic heterocycles. The summed E-state index contributed by atoms with van der Waals surface area (Å²) in [5.41, 5.74) is 2.86. The first-order chi connectivity index (χ1) is 13.7. The summed E-state index contributed by atoms with van der Waals surface area (Å²) in [7, 11) is 0. The van der Waals surface area contributed by atoms with E-state index >= 15 is 0 Å². The Morgan fingerprint density at radius 1 is 1.14 bits per heavy atom. The van der Waals surface area contributed by atoms with Crippen LogP contribution in [0, 0.1) is 10.1 Å². The first kappa shape index (κ1) is 17.0. The van der Waals surface area contributed by atoms with Crippen molar-refractivity contribution in [3.8, 4) is 11.6 Å². The van der Waals surface area contributed by atoms with E-state index in [1.807, 2.05) is 30.3 Å². The summed E-state index contributed by atoms with van der Waals surface area (Å²) in [6, 6.07) is 9.54. The molecule has 0 unspecified atom stereocenters. The van der Waals surface area contributed by atoms with E-state index in [4.69, 9.17) is 4.42 Å². The summed E-state index contributed by atoms with van der Waals surface area (Å²) in [5, 5.41) is 14.2. The van der Waals surface area contributed by atoms with E-state index in [0.29, 0.717) is 24.4 Å². The average Bonchev–Trinajstić information content (AvgIpc) is 3.47. The lowest BCUT2D eigenvalue weighted by Gasteiger charge is -2.22. The summed E-state index contributed by atoms with van der Waals surface area (Å²) in [6.07, 6.45) is 2.80. The zero-order chi connectivity index (χ0) is 19.1. The third-order valence-electron chi connectivity index (χ3n) is 5.69. The monoisotopic (exact) mass is 379 g/mol. The molecule has 3 heterocycles. The van der Waals surface area contributed by atoms with Crippen molar-refractivity contribution < 1.29 is 9.34 Å². The van der Waals surface area contributed by atoms with Crippen molar-refractivity contribution in [2.75, 3.05) is 13.1 Å². The molecule has 1 aromatic carbocycles. The number of nitrogens with zero attached hydrogens (tertiary/aromatic N) is 3. The van der Waals surface area contributed by atoms with Gasteiger partial charge in [0.2, 0.25) is 6.04 Å². The Morgan fingerprint density at radius 3 is 2.75 bits per heavy atom. The van der Waals surface area contributed by atoms with Gasteiger partial charge in [-0.1, -0.05) is 0 Å². The number of H-pyrrole nitrogens is 1. The fraction of sp³-hybridized carbons (Fsp3) is 0.400. The molecule has 1 aliphatic heterocycles. The van der Waals surface area contributed by atoms with Gasteiger partial charge in [0.05, 0.1) is 17.6 Å². The Balaban J connectivity index is 1.37. The van der Waals surface area contributed by atoms with Crippen molar-refractivity contribution >= 4 is 16.9 Å². The van der Waals surface area contributed by atoms with Crippen LogP contribution in [0.15, 0.2) is 39.7 Å². The van der Waals surface area contributed by atoms with Gasteiger partial charge in [-0.2, -0.15) is 0 Å². The van der Waals surface area contributed by atoms with Gasteiger partial charge in [0.15, 0.2) is 11.6 Å². The van der Waals surface area contributed by atoms with Crippen LogP contribution >= 0.6 is 0 Å². The minimum Gasteiger partial charge on any atom is -0.458 e. The maximum absolute atomic E-state index is 10.9. The molecule has 0 radical (unpaired) electrons. The molecule has 8 heteroatoms. The van der Waals surface area contributed by atoms with Crippen LogP contribution in [-0.2, 0) is 0 Å². The highest BCUT2D eigenvalue weighted by Crippen LogP contribution is 2.36. The molecule has 1 aliphatic carbocycles. The molecule has 0 spiro atoms. The first-order valence-corrected chi connectivity index (χ1v) is 9.69. The first-order valence-electron chi connectivity index (χ1n) is 9.69. The highest BCUT2D eigenvalue weighted by Gasteiger charge is 2.30. The second-order valence-electron chi connectivity index (χ2n) is 7.47. The second kappa shape index (κ2) is 6.78. The van der Waals surface area contributed by atoms with E-state index in [0.717, 1.165) is 54.1 Å². The van der Waals surface area contributed by atoms with E-state index < -0.39 is 6.04 Å². The van der Waals surface area contributed by atoms with Crippen molar-refractivity contribution in [1.29, 1.82) is 0 Å². The lowest BCUT2D eigenvalue weighted by molar-refractivity contribution is -0.526. The summed E-state index contributed by atoms with van der Waals surface area (Å²) in [5.74, 6) is 3.44. The smallest absolute Gasteiger partial charge is 0.213 e. The molecule has 2 aliphatic rings. The van der Waals surface area contributed by atoms with Gasteiger partial charge in [-0.05, 0) is 43.2 Å². The number of furan rings is 1. The summed E-state index contributed by atoms with van der Waals surface area (Å²) in [6.45, 7) is 1.68. The molecular formula is C20H21N5O3. The number of aromatic nitrogens is 2. The Labute approximate surface area is 161 Å². The fourth-order valence-electron chi connectivity index (χ4n) is 4.14. The topological polar surface area (TPSA) is 109 Å². The number of fused-ring (bicyclic) bond motifs is 1. The maximum atomic E-state index is 10.9. The predicted molar refractivity (Wildman–Crippen MR) is 105 cm³/mol. The van der Waals surface area contributed by atoms with E-state index in [1.165, 1.54) is 0 Å². The minimum atomic E-state index is -0.408. The van der Waals surface area contributed by atoms with Crippen molar-refractivity contribution in [3.05, 3.63) is 51.8 Å². The standard InChI is InChI=1S/C20H21N5O3/c26-25(27)14-4-1-12(2-5-14)17-7-8-18(28-17)20-23-15-6-3-13(11-16(15)24-20)19-21-9-10-22-19/h3,6-8,11-12,14H,1-2,4-5,9-10H2,(H,21,22)(H,23,24). The number of aromatic amines is 1. The number of hydrogen-bond donors (Lipinski definition) is 2. The van der Waals surface area contributed by atoms with Crippen LogP contribution < -0.4 is 5.32 Å². The van der Waals surface area contributed by atoms with Crippen LogP contribution in [0.5, 0.6) is 0 Å². The van der Waals surface area contributed by atoms with Crippen LogP contribution in [-0.4, -0.2) is 39.9 Å². The molecule has 3 aromatic rings. The van der Waals surface area contributed by atoms with Crippen molar-refractivity contribution in [2.45, 2.75) is 37.6 Å². The number of rotatable bonds is 4. The second-order valence-corrected chi connectivity index (χ2v) is 7.47. The van der Waals surface area contributed by atoms with Gasteiger partial charge in [0.25, 0.3) is 0 Å². The Kier molecular flexibility index (Phi) is 4.11. The lowest BCUT2D eigenvalue weighted by atomic mass is 9.85. The lowest BCUT2D eigenvalue weighted by Crippen LogP contribution is -2.25. The zero-order valence-electron chi connectivity index (χ0n) is 15.4. The largest absolute Gasteiger partial charge is 0.458 e. The van der Waals surface area contributed by atoms with Gasteiger partial charge >= 0.3 is 0 Å². The zero-order valence-corrected chi connectivity index (χ0v) is 15.4. The van der Waals surface area contributed by atoms with Crippen molar-refractivity contribution in [2.24, 2.45) is 4.99 Å². The molecule has 0 amide bonds. The molecule has 8 nitrogen and oxygen atoms in total. The minimum absolute atomic E-state index is 0.154. The number of aliphatic imine (C=N–C) groups is 1. The van der Waals surface area contributed by atoms with Gasteiger partial charge in [0.1, 0.15) is 11.6 Å². The van der Waals surface area contributed by atoms with E-state index in [-0.39, 0.29) is 10.8 Å². The SMILES string of the molecule is O=[N+]([O-])C1CCC(c2ccc(-c3nc4ccc(C5=NCCN5)cc4[nH]3)o2)CC1. The Bertz CT molecular complexity index is 1060. The van der Waals surface area contributed by atoms with Crippen LogP contribution in [0.25, 0.3) is 22.6 Å². The maximum Gasteiger partial charge on any atom is 0.213 e. The van der Waals surface area contributed by atoms with Crippen LogP contribution in [0.4, 0.5) is 0 Å². The number of nitro groups is 1. The summed E-state index contributed by atoms with van der Waals surface area (Å²) in [4.78, 5) is 23.2. The highest BCUT2D eigenvalue weighted by molar-refractivity contribution is 6.02. The average molecular weight is 379 g/mol. The number of amidine groups is 1. The van der Waals surface area contributed by atoms with Crippen LogP contribution in [0.3, 0.4) is 0 Å². The quantitative estimate of drug-likeness (QED) is 0.533. The van der Waals surface area contributed by atoms with Crippen LogP contribution in [0.2, 0.25) is 0 Å². The number of nitrogens with one attached hydrogen (secondary N) is 2. The third kappa shape index (κ3) is 3.04. The van der Waals surface area contributed by atoms with Crippen molar-refractivity contribution in [1.82, 2.24) is 15.3 Å². The summed E-state index contributed by atoms with van der Waals surface area (Å²) >= 11 is 0. The number of hydrogen-bond acceptors (Lipinski definition) is 6. The molecule has 5 rings (SSSR count). The van der Waals surface area contributed by atoms with E-state index in [9.17, 15) is 10.1 Å². The molecule has 1 saturated carbocycles. The van der Waals surface area contributed by atoms with Gasteiger partial charge < -0.3 is 14.7 Å². The molecule has 144 valence electrons. The Morgan fingerprint density at radius 2 is 2.00 bits per heavy atom. The molecule has 28 heavy (non-hydrogen) atoms. The van der Waals surface area contributed by atoms with Gasteiger partial charge in [-0.25, -0.2) is 4.98 Å². The van der Waals surface area contributed by atoms with Gasteiger partial charge in [-0.3, -0.25) is 15.1 Å². The predicted octanol–water partition coefficient (Wildman–Crippen LogP) is 3.48. The molecular weight excluding hydrogens is 358 g/mol. The molecule has 1 fully saturated rings. The highest BCUT2D eigenvalue weighted by atomic mass is 16.6. The van der Waals surface area contributed by atoms with Gasteiger partial charge in [-0.15, -0.1) is 0 Å². The van der Waals surface area contributed by atoms with E-state index in [2.05, 4.69) is 20.3 Å². The summed E-state index contributed by atoms with van der Waals surface area (Å²) < 4.78 is 6.06. The normalized spacial score (nSPS) is 22.2. The molecule has 0 bridgehead atoms. The Hall–Kier alpha value is -3.16. The third-order valence-corrected chi connectivity index (χ3v) is 5.69. The number of benzene rings is 1. The van der Waals surface area contributed by atoms with Crippen molar-refractivity contribution in [3.63, 3.8) is 0 Å². The van der Waals surface area contributed by atoms with E-state index in [1.54, 1.807) is 0 Å². The van der Waals surface area contributed by atoms with Gasteiger partial charge in [0, 0.05) is 35.8 Å². The number of imidazole rings is 1. The molecule has 0 saturated heterocycles. The fourth-order valence-corrected chi connectivity index (χ4v) is 4.14. The molecule has 2 N–H and O–H groups in total.